The van der Waals surface area contributed by atoms with Crippen LogP contribution in [0.5, 0.6) is 5.75 Å². The molecule has 0 atom stereocenters. The van der Waals surface area contributed by atoms with E-state index in [0.29, 0.717) is 18.7 Å². The number of fused-ring (bicyclic) bond motifs is 1. The Bertz CT molecular complexity index is 792. The minimum absolute atomic E-state index is 0.0768. The van der Waals surface area contributed by atoms with Gasteiger partial charge in [0.1, 0.15) is 5.75 Å². The van der Waals surface area contributed by atoms with E-state index in [4.69, 9.17) is 4.74 Å². The summed E-state index contributed by atoms with van der Waals surface area (Å²) in [5.74, 6) is 0.744. The highest BCUT2D eigenvalue weighted by Crippen LogP contribution is 2.18. The quantitative estimate of drug-likeness (QED) is 0.756. The van der Waals surface area contributed by atoms with E-state index in [1.165, 1.54) is 0 Å². The van der Waals surface area contributed by atoms with E-state index in [1.54, 1.807) is 0 Å². The zero-order chi connectivity index (χ0) is 15.4. The lowest BCUT2D eigenvalue weighted by atomic mass is 10.1. The summed E-state index contributed by atoms with van der Waals surface area (Å²) in [5, 5.41) is 3.89. The van der Waals surface area contributed by atoms with Crippen molar-refractivity contribution in [2.75, 3.05) is 6.61 Å². The third-order valence-corrected chi connectivity index (χ3v) is 3.50. The maximum Gasteiger partial charge on any atom is 0.252 e. The first-order chi connectivity index (χ1) is 10.8. The molecule has 3 aromatic rings. The van der Waals surface area contributed by atoms with Crippen molar-refractivity contribution in [1.82, 2.24) is 10.3 Å². The fourth-order valence-corrected chi connectivity index (χ4v) is 2.47. The van der Waals surface area contributed by atoms with Gasteiger partial charge in [0.05, 0.1) is 6.61 Å². The molecular formula is C18H18N2O2. The smallest absolute Gasteiger partial charge is 0.252 e. The summed E-state index contributed by atoms with van der Waals surface area (Å²) in [5.41, 5.74) is 2.66. The van der Waals surface area contributed by atoms with E-state index in [9.17, 15) is 4.79 Å². The topological polar surface area (TPSA) is 54.1 Å². The van der Waals surface area contributed by atoms with Crippen molar-refractivity contribution in [3.63, 3.8) is 0 Å². The number of aromatic amines is 1. The Morgan fingerprint density at radius 3 is 2.91 bits per heavy atom. The second-order valence-corrected chi connectivity index (χ2v) is 5.01. The molecule has 0 aliphatic heterocycles. The summed E-state index contributed by atoms with van der Waals surface area (Å²) >= 11 is 0. The standard InChI is InChI=1S/C18H18N2O2/c1-2-22-14-6-3-5-13(11-14)12-20-18(21)16-7-4-8-17-15(16)9-10-19-17/h3-11,19H,2,12H2,1H3,(H,20,21). The largest absolute Gasteiger partial charge is 0.494 e. The molecule has 0 fully saturated rings. The van der Waals surface area contributed by atoms with Crippen LogP contribution in [-0.4, -0.2) is 17.5 Å². The third-order valence-electron chi connectivity index (χ3n) is 3.50. The van der Waals surface area contributed by atoms with Crippen LogP contribution in [0.15, 0.2) is 54.7 Å². The molecule has 0 bridgehead atoms. The predicted molar refractivity (Wildman–Crippen MR) is 87.1 cm³/mol. The first kappa shape index (κ1) is 14.2. The van der Waals surface area contributed by atoms with Gasteiger partial charge in [-0.15, -0.1) is 0 Å². The number of benzene rings is 2. The fourth-order valence-electron chi connectivity index (χ4n) is 2.47. The maximum absolute atomic E-state index is 12.4. The Morgan fingerprint density at radius 1 is 1.18 bits per heavy atom. The minimum Gasteiger partial charge on any atom is -0.494 e. The van der Waals surface area contributed by atoms with Crippen molar-refractivity contribution in [3.8, 4) is 5.75 Å². The van der Waals surface area contributed by atoms with Gasteiger partial charge in [-0.3, -0.25) is 4.79 Å². The maximum atomic E-state index is 12.4. The highest BCUT2D eigenvalue weighted by molar-refractivity contribution is 6.06. The van der Waals surface area contributed by atoms with Crippen LogP contribution in [0.1, 0.15) is 22.8 Å². The van der Waals surface area contributed by atoms with E-state index < -0.39 is 0 Å². The van der Waals surface area contributed by atoms with Crippen LogP contribution in [-0.2, 0) is 6.54 Å². The lowest BCUT2D eigenvalue weighted by Crippen LogP contribution is -2.22. The lowest BCUT2D eigenvalue weighted by Gasteiger charge is -2.08. The molecule has 0 aliphatic rings. The first-order valence-corrected chi connectivity index (χ1v) is 7.34. The second kappa shape index (κ2) is 6.35. The van der Waals surface area contributed by atoms with Crippen LogP contribution in [0.2, 0.25) is 0 Å². The highest BCUT2D eigenvalue weighted by atomic mass is 16.5. The van der Waals surface area contributed by atoms with E-state index in [-0.39, 0.29) is 5.91 Å². The molecule has 4 heteroatoms. The number of hydrogen-bond donors (Lipinski definition) is 2. The zero-order valence-corrected chi connectivity index (χ0v) is 12.4. The average Bonchev–Trinajstić information content (AvgIpc) is 3.02. The molecule has 0 saturated carbocycles. The normalized spacial score (nSPS) is 10.6. The minimum atomic E-state index is -0.0768. The average molecular weight is 294 g/mol. The number of H-pyrrole nitrogens is 1. The molecule has 112 valence electrons. The van der Waals surface area contributed by atoms with Gasteiger partial charge in [-0.1, -0.05) is 18.2 Å². The van der Waals surface area contributed by atoms with Crippen LogP contribution in [0.4, 0.5) is 0 Å². The van der Waals surface area contributed by atoms with Crippen LogP contribution in [0.25, 0.3) is 10.9 Å². The SMILES string of the molecule is CCOc1cccc(CNC(=O)c2cccc3[nH]ccc23)c1. The fraction of sp³-hybridized carbons (Fsp3) is 0.167. The molecule has 0 spiro atoms. The Labute approximate surface area is 129 Å². The molecule has 1 amide bonds. The number of rotatable bonds is 5. The molecule has 1 heterocycles. The molecule has 1 aromatic heterocycles. The van der Waals surface area contributed by atoms with Crippen LogP contribution < -0.4 is 10.1 Å². The molecule has 0 radical (unpaired) electrons. The van der Waals surface area contributed by atoms with E-state index in [0.717, 1.165) is 22.2 Å². The predicted octanol–water partition coefficient (Wildman–Crippen LogP) is 3.50. The first-order valence-electron chi connectivity index (χ1n) is 7.34. The van der Waals surface area contributed by atoms with E-state index in [1.807, 2.05) is 61.7 Å². The summed E-state index contributed by atoms with van der Waals surface area (Å²) < 4.78 is 5.47. The molecule has 2 N–H and O–H groups in total. The molecule has 2 aromatic carbocycles. The summed E-state index contributed by atoms with van der Waals surface area (Å²) in [6.07, 6.45) is 1.84. The molecule has 0 unspecified atom stereocenters. The number of amides is 1. The van der Waals surface area contributed by atoms with Gasteiger partial charge >= 0.3 is 0 Å². The number of aromatic nitrogens is 1. The van der Waals surface area contributed by atoms with Crippen molar-refractivity contribution in [2.24, 2.45) is 0 Å². The molecule has 0 saturated heterocycles. The Hall–Kier alpha value is -2.75. The number of nitrogens with one attached hydrogen (secondary N) is 2. The van der Waals surface area contributed by atoms with Crippen LogP contribution in [0.3, 0.4) is 0 Å². The number of carbonyl (C=O) groups is 1. The van der Waals surface area contributed by atoms with Gasteiger partial charge < -0.3 is 15.0 Å². The Kier molecular flexibility index (Phi) is 4.10. The van der Waals surface area contributed by atoms with Crippen LogP contribution >= 0.6 is 0 Å². The Morgan fingerprint density at radius 2 is 2.05 bits per heavy atom. The zero-order valence-electron chi connectivity index (χ0n) is 12.4. The highest BCUT2D eigenvalue weighted by Gasteiger charge is 2.10. The van der Waals surface area contributed by atoms with Crippen molar-refractivity contribution in [1.29, 1.82) is 0 Å². The third kappa shape index (κ3) is 2.96. The summed E-state index contributed by atoms with van der Waals surface area (Å²) in [7, 11) is 0. The van der Waals surface area contributed by atoms with Gasteiger partial charge in [0, 0.05) is 29.2 Å². The number of hydrogen-bond acceptors (Lipinski definition) is 2. The summed E-state index contributed by atoms with van der Waals surface area (Å²) in [6, 6.07) is 15.3. The van der Waals surface area contributed by atoms with Gasteiger partial charge in [0.25, 0.3) is 5.91 Å². The van der Waals surface area contributed by atoms with Gasteiger partial charge in [-0.05, 0) is 42.8 Å². The summed E-state index contributed by atoms with van der Waals surface area (Å²) in [4.78, 5) is 15.5. The molecule has 3 rings (SSSR count). The van der Waals surface area contributed by atoms with Crippen molar-refractivity contribution >= 4 is 16.8 Å². The lowest BCUT2D eigenvalue weighted by molar-refractivity contribution is 0.0952. The Balaban J connectivity index is 1.72. The van der Waals surface area contributed by atoms with E-state index >= 15 is 0 Å². The van der Waals surface area contributed by atoms with Crippen molar-refractivity contribution in [3.05, 3.63) is 65.9 Å². The molecule has 4 nitrogen and oxygen atoms in total. The van der Waals surface area contributed by atoms with E-state index in [2.05, 4.69) is 10.3 Å². The molecule has 22 heavy (non-hydrogen) atoms. The second-order valence-electron chi connectivity index (χ2n) is 5.01. The number of ether oxygens (including phenoxy) is 1. The van der Waals surface area contributed by atoms with Gasteiger partial charge in [-0.25, -0.2) is 0 Å². The monoisotopic (exact) mass is 294 g/mol. The number of carbonyl (C=O) groups excluding carboxylic acids is 1. The van der Waals surface area contributed by atoms with Crippen molar-refractivity contribution < 1.29 is 9.53 Å². The van der Waals surface area contributed by atoms with Gasteiger partial charge in [0.2, 0.25) is 0 Å². The van der Waals surface area contributed by atoms with Gasteiger partial charge in [-0.2, -0.15) is 0 Å². The molecular weight excluding hydrogens is 276 g/mol. The van der Waals surface area contributed by atoms with Crippen molar-refractivity contribution in [2.45, 2.75) is 13.5 Å². The molecule has 0 aliphatic carbocycles. The summed E-state index contributed by atoms with van der Waals surface area (Å²) in [6.45, 7) is 3.05. The van der Waals surface area contributed by atoms with Crippen LogP contribution in [0, 0.1) is 0 Å². The van der Waals surface area contributed by atoms with Gasteiger partial charge in [0.15, 0.2) is 0 Å².